The molecule has 1 N–H and O–H groups in total. The van der Waals surface area contributed by atoms with Crippen molar-refractivity contribution in [2.24, 2.45) is 0 Å². The highest BCUT2D eigenvalue weighted by Gasteiger charge is 2.46. The van der Waals surface area contributed by atoms with Gasteiger partial charge in [0.25, 0.3) is 0 Å². The molecule has 0 aromatic heterocycles. The average molecular weight is 294 g/mol. The molecule has 6 heteroatoms. The van der Waals surface area contributed by atoms with Crippen molar-refractivity contribution in [2.45, 2.75) is 43.4 Å². The number of carbonyl (C=O) groups excluding carboxylic acids is 2. The van der Waals surface area contributed by atoms with Gasteiger partial charge < -0.3 is 19.6 Å². The van der Waals surface area contributed by atoms with Gasteiger partial charge in [-0.05, 0) is 19.3 Å². The molecule has 1 aliphatic carbocycles. The van der Waals surface area contributed by atoms with Gasteiger partial charge in [-0.1, -0.05) is 6.08 Å². The summed E-state index contributed by atoms with van der Waals surface area (Å²) in [4.78, 5) is 27.7. The van der Waals surface area contributed by atoms with Crippen molar-refractivity contribution in [3.63, 3.8) is 0 Å². The first-order valence-electron chi connectivity index (χ1n) is 7.54. The van der Waals surface area contributed by atoms with E-state index >= 15 is 0 Å². The molecule has 21 heavy (non-hydrogen) atoms. The summed E-state index contributed by atoms with van der Waals surface area (Å²) in [6.45, 7) is 5.21. The largest absolute Gasteiger partial charge is 0.389 e. The van der Waals surface area contributed by atoms with E-state index in [1.807, 2.05) is 0 Å². The topological polar surface area (TPSA) is 70.1 Å². The Balaban J connectivity index is 1.64. The lowest BCUT2D eigenvalue weighted by Crippen LogP contribution is -2.54. The van der Waals surface area contributed by atoms with Crippen molar-refractivity contribution < 1.29 is 19.4 Å². The first kappa shape index (κ1) is 14.5. The van der Waals surface area contributed by atoms with Gasteiger partial charge in [0.1, 0.15) is 6.61 Å². The lowest BCUT2D eigenvalue weighted by molar-refractivity contribution is -0.151. The summed E-state index contributed by atoms with van der Waals surface area (Å²) in [6.07, 6.45) is 4.15. The van der Waals surface area contributed by atoms with E-state index < -0.39 is 5.60 Å². The van der Waals surface area contributed by atoms with E-state index in [1.165, 1.54) is 0 Å². The van der Waals surface area contributed by atoms with Crippen molar-refractivity contribution in [2.75, 3.05) is 26.2 Å². The van der Waals surface area contributed by atoms with Gasteiger partial charge in [-0.25, -0.2) is 0 Å². The van der Waals surface area contributed by atoms with Gasteiger partial charge in [-0.15, -0.1) is 6.58 Å². The molecule has 0 radical (unpaired) electrons. The van der Waals surface area contributed by atoms with Gasteiger partial charge in [0.15, 0.2) is 0 Å². The van der Waals surface area contributed by atoms with Crippen molar-refractivity contribution in [3.8, 4) is 0 Å². The standard InChI is InChI=1S/C15H22N2O4/c1-2-6-17-11-8-16(9-12(11)21-10-14(17)19)13(18)7-15(20)4-3-5-15/h2,11-12,20H,1,3-10H2/t11-,12-/m1/s1. The Morgan fingerprint density at radius 1 is 1.48 bits per heavy atom. The summed E-state index contributed by atoms with van der Waals surface area (Å²) in [5.74, 6) is -0.0933. The summed E-state index contributed by atoms with van der Waals surface area (Å²) in [5, 5.41) is 10.1. The molecule has 2 atom stereocenters. The number of carbonyl (C=O) groups is 2. The molecule has 2 heterocycles. The van der Waals surface area contributed by atoms with Crippen LogP contribution >= 0.6 is 0 Å². The predicted octanol–water partition coefficient (Wildman–Crippen LogP) is -0.0843. The van der Waals surface area contributed by atoms with Crippen LogP contribution in [0.4, 0.5) is 0 Å². The summed E-state index contributed by atoms with van der Waals surface area (Å²) in [6, 6.07) is -0.0933. The number of likely N-dealkylation sites (tertiary alicyclic amines) is 1. The third kappa shape index (κ3) is 2.70. The third-order valence-corrected chi connectivity index (χ3v) is 4.82. The number of nitrogens with zero attached hydrogens (tertiary/aromatic N) is 2. The summed E-state index contributed by atoms with van der Waals surface area (Å²) in [7, 11) is 0. The zero-order chi connectivity index (χ0) is 15.0. The molecule has 2 aliphatic heterocycles. The SMILES string of the molecule is C=CCN1C(=O)CO[C@@H]2CN(C(=O)CC3(O)CCC3)C[C@H]21. The fourth-order valence-corrected chi connectivity index (χ4v) is 3.40. The van der Waals surface area contributed by atoms with E-state index in [0.29, 0.717) is 32.5 Å². The summed E-state index contributed by atoms with van der Waals surface area (Å²) in [5.41, 5.74) is -0.803. The van der Waals surface area contributed by atoms with Crippen molar-refractivity contribution in [1.82, 2.24) is 9.80 Å². The first-order chi connectivity index (χ1) is 10.0. The molecule has 1 saturated carbocycles. The van der Waals surface area contributed by atoms with Crippen molar-refractivity contribution in [1.29, 1.82) is 0 Å². The second-order valence-electron chi connectivity index (χ2n) is 6.30. The van der Waals surface area contributed by atoms with E-state index in [0.717, 1.165) is 6.42 Å². The van der Waals surface area contributed by atoms with E-state index in [2.05, 4.69) is 6.58 Å². The molecule has 116 valence electrons. The zero-order valence-corrected chi connectivity index (χ0v) is 12.2. The summed E-state index contributed by atoms with van der Waals surface area (Å²) >= 11 is 0. The molecule has 0 bridgehead atoms. The smallest absolute Gasteiger partial charge is 0.249 e. The Labute approximate surface area is 124 Å². The van der Waals surface area contributed by atoms with Gasteiger partial charge in [-0.3, -0.25) is 9.59 Å². The predicted molar refractivity (Wildman–Crippen MR) is 75.4 cm³/mol. The minimum atomic E-state index is -0.803. The Kier molecular flexibility index (Phi) is 3.75. The number of morpholine rings is 1. The van der Waals surface area contributed by atoms with Crippen LogP contribution in [0, 0.1) is 0 Å². The molecule has 0 aromatic rings. The van der Waals surface area contributed by atoms with Crippen LogP contribution in [0.1, 0.15) is 25.7 Å². The molecular formula is C15H22N2O4. The molecule has 3 rings (SSSR count). The molecule has 3 aliphatic rings. The molecule has 3 fully saturated rings. The highest BCUT2D eigenvalue weighted by atomic mass is 16.5. The van der Waals surface area contributed by atoms with E-state index in [-0.39, 0.29) is 37.0 Å². The van der Waals surface area contributed by atoms with Crippen LogP contribution in [0.15, 0.2) is 12.7 Å². The van der Waals surface area contributed by atoms with Crippen LogP contribution in [0.25, 0.3) is 0 Å². The molecule has 2 saturated heterocycles. The van der Waals surface area contributed by atoms with Crippen LogP contribution in [-0.2, 0) is 14.3 Å². The number of rotatable bonds is 4. The van der Waals surface area contributed by atoms with Crippen molar-refractivity contribution >= 4 is 11.8 Å². The second-order valence-corrected chi connectivity index (χ2v) is 6.30. The Hall–Kier alpha value is -1.40. The lowest BCUT2D eigenvalue weighted by Gasteiger charge is -2.37. The number of hydrogen-bond acceptors (Lipinski definition) is 4. The number of ether oxygens (including phenoxy) is 1. The average Bonchev–Trinajstić information content (AvgIpc) is 2.85. The van der Waals surface area contributed by atoms with E-state index in [1.54, 1.807) is 15.9 Å². The zero-order valence-electron chi connectivity index (χ0n) is 12.2. The number of amides is 2. The molecule has 2 amide bonds. The number of aliphatic hydroxyl groups is 1. The Morgan fingerprint density at radius 2 is 2.24 bits per heavy atom. The Bertz CT molecular complexity index is 461. The van der Waals surface area contributed by atoms with Crippen molar-refractivity contribution in [3.05, 3.63) is 12.7 Å². The quantitative estimate of drug-likeness (QED) is 0.736. The lowest BCUT2D eigenvalue weighted by atomic mass is 9.77. The molecule has 6 nitrogen and oxygen atoms in total. The van der Waals surface area contributed by atoms with Gasteiger partial charge in [0.05, 0.1) is 24.2 Å². The highest BCUT2D eigenvalue weighted by Crippen LogP contribution is 2.35. The highest BCUT2D eigenvalue weighted by molar-refractivity contribution is 5.80. The van der Waals surface area contributed by atoms with Crippen LogP contribution in [0.3, 0.4) is 0 Å². The van der Waals surface area contributed by atoms with Gasteiger partial charge in [0.2, 0.25) is 11.8 Å². The van der Waals surface area contributed by atoms with Crippen LogP contribution < -0.4 is 0 Å². The van der Waals surface area contributed by atoms with Gasteiger partial charge in [0, 0.05) is 19.6 Å². The second kappa shape index (κ2) is 5.42. The third-order valence-electron chi connectivity index (χ3n) is 4.82. The Morgan fingerprint density at radius 3 is 2.86 bits per heavy atom. The minimum Gasteiger partial charge on any atom is -0.389 e. The maximum Gasteiger partial charge on any atom is 0.249 e. The number of fused-ring (bicyclic) bond motifs is 1. The van der Waals surface area contributed by atoms with E-state index in [4.69, 9.17) is 4.74 Å². The minimum absolute atomic E-state index is 0.0406. The maximum atomic E-state index is 12.3. The maximum absolute atomic E-state index is 12.3. The van der Waals surface area contributed by atoms with Crippen LogP contribution in [0.5, 0.6) is 0 Å². The summed E-state index contributed by atoms with van der Waals surface area (Å²) < 4.78 is 5.56. The first-order valence-corrected chi connectivity index (χ1v) is 7.54. The molecule has 0 unspecified atom stereocenters. The monoisotopic (exact) mass is 294 g/mol. The number of hydrogen-bond donors (Lipinski definition) is 1. The van der Waals surface area contributed by atoms with Crippen LogP contribution in [-0.4, -0.2) is 70.7 Å². The molecular weight excluding hydrogens is 272 g/mol. The molecule has 0 spiro atoms. The van der Waals surface area contributed by atoms with E-state index in [9.17, 15) is 14.7 Å². The molecule has 0 aromatic carbocycles. The van der Waals surface area contributed by atoms with Crippen LogP contribution in [0.2, 0.25) is 0 Å². The normalized spacial score (nSPS) is 30.8. The fraction of sp³-hybridized carbons (Fsp3) is 0.733. The van der Waals surface area contributed by atoms with Gasteiger partial charge in [-0.2, -0.15) is 0 Å². The van der Waals surface area contributed by atoms with Gasteiger partial charge >= 0.3 is 0 Å². The fourth-order valence-electron chi connectivity index (χ4n) is 3.40.